The van der Waals surface area contributed by atoms with Gasteiger partial charge in [-0.2, -0.15) is 0 Å². The van der Waals surface area contributed by atoms with Gasteiger partial charge in [0.15, 0.2) is 0 Å². The van der Waals surface area contributed by atoms with Gasteiger partial charge < -0.3 is 24.6 Å². The fourth-order valence-electron chi connectivity index (χ4n) is 4.43. The number of benzene rings is 1. The van der Waals surface area contributed by atoms with Gasteiger partial charge in [-0.1, -0.05) is 44.2 Å². The number of rotatable bonds is 7. The van der Waals surface area contributed by atoms with E-state index in [0.717, 1.165) is 5.56 Å². The third kappa shape index (κ3) is 6.03. The van der Waals surface area contributed by atoms with Crippen LogP contribution in [-0.4, -0.2) is 81.1 Å². The summed E-state index contributed by atoms with van der Waals surface area (Å²) in [5, 5.41) is 15.0. The molecular formula is C25H33N5O6. The molecule has 11 nitrogen and oxygen atoms in total. The number of carboxylic acid groups (broad SMARTS) is 1. The number of hydrogen-bond acceptors (Lipinski definition) is 6. The number of carbonyl (C=O) groups is 4. The summed E-state index contributed by atoms with van der Waals surface area (Å²) < 4.78 is 5.39. The van der Waals surface area contributed by atoms with Gasteiger partial charge in [0, 0.05) is 20.0 Å². The second-order valence-corrected chi connectivity index (χ2v) is 8.33. The van der Waals surface area contributed by atoms with Crippen molar-refractivity contribution in [1.82, 2.24) is 25.1 Å². The zero-order valence-corrected chi connectivity index (χ0v) is 20.8. The number of nitrogens with one attached hydrogen (secondary N) is 1. The van der Waals surface area contributed by atoms with Crippen molar-refractivity contribution in [2.75, 3.05) is 20.1 Å². The fraction of sp³-hybridized carbons (Fsp3) is 0.440. The van der Waals surface area contributed by atoms with Crippen LogP contribution in [0, 0.1) is 0 Å². The van der Waals surface area contributed by atoms with Gasteiger partial charge in [0.2, 0.25) is 11.8 Å². The van der Waals surface area contributed by atoms with Crippen LogP contribution in [0.25, 0.3) is 0 Å². The highest BCUT2D eigenvalue weighted by Crippen LogP contribution is 2.29. The molecule has 4 rings (SSSR count). The summed E-state index contributed by atoms with van der Waals surface area (Å²) in [6.07, 6.45) is 0.388. The van der Waals surface area contributed by atoms with E-state index in [1.807, 2.05) is 44.2 Å². The van der Waals surface area contributed by atoms with Crippen LogP contribution in [0.15, 0.2) is 53.1 Å². The molecule has 0 unspecified atom stereocenters. The number of hydrazine groups is 1. The first-order chi connectivity index (χ1) is 17.3. The molecule has 2 atom stereocenters. The Kier molecular flexibility index (Phi) is 9.07. The molecule has 0 bridgehead atoms. The average Bonchev–Trinajstić information content (AvgIpc) is 3.38. The van der Waals surface area contributed by atoms with Crippen molar-refractivity contribution < 1.29 is 28.7 Å². The average molecular weight is 500 g/mol. The Morgan fingerprint density at radius 3 is 2.47 bits per heavy atom. The molecule has 194 valence electrons. The zero-order chi connectivity index (χ0) is 26.2. The number of aliphatic carboxylic acids is 1. The van der Waals surface area contributed by atoms with Crippen molar-refractivity contribution >= 4 is 23.8 Å². The van der Waals surface area contributed by atoms with Crippen LogP contribution in [0.1, 0.15) is 38.0 Å². The van der Waals surface area contributed by atoms with Gasteiger partial charge in [-0.3, -0.25) is 14.4 Å². The summed E-state index contributed by atoms with van der Waals surface area (Å²) in [4.78, 5) is 53.7. The van der Waals surface area contributed by atoms with Crippen molar-refractivity contribution in [3.8, 4) is 0 Å². The number of carbonyl (C=O) groups excluding carboxylic acids is 3. The van der Waals surface area contributed by atoms with E-state index in [4.69, 9.17) is 4.42 Å². The summed E-state index contributed by atoms with van der Waals surface area (Å²) in [5.41, 5.74) is 0.918. The molecule has 11 heteroatoms. The van der Waals surface area contributed by atoms with E-state index in [0.29, 0.717) is 12.3 Å². The SMILES string of the molecule is CC.CN1CC(=O)N2[C@@H](CCC(=O)O)C(=O)N(Cc3ccco3)C[C@@H]2N1C(=O)NCc1ccccc1. The summed E-state index contributed by atoms with van der Waals surface area (Å²) in [5.74, 6) is -1.21. The van der Waals surface area contributed by atoms with Crippen LogP contribution >= 0.6 is 0 Å². The topological polar surface area (TPSA) is 127 Å². The zero-order valence-electron chi connectivity index (χ0n) is 20.8. The third-order valence-electron chi connectivity index (χ3n) is 5.99. The molecule has 1 aromatic heterocycles. The molecule has 4 amide bonds. The molecule has 2 fully saturated rings. The van der Waals surface area contributed by atoms with Crippen LogP contribution in [0.3, 0.4) is 0 Å². The first-order valence-corrected chi connectivity index (χ1v) is 12.0. The summed E-state index contributed by atoms with van der Waals surface area (Å²) >= 11 is 0. The molecule has 0 aliphatic carbocycles. The standard InChI is InChI=1S/C23H27N5O6.C2H6/c1-25-15-20(29)27-18(9-10-21(30)31)22(32)26(13-17-8-5-11-34-17)14-19(27)28(25)23(33)24-12-16-6-3-2-4-7-16;1-2/h2-8,11,18-19H,9-10,12-15H2,1H3,(H,24,33)(H,30,31);1-2H3/t18-,19-;/m0./s1. The van der Waals surface area contributed by atoms with E-state index in [9.17, 15) is 24.3 Å². The third-order valence-corrected chi connectivity index (χ3v) is 5.99. The number of amides is 4. The first-order valence-electron chi connectivity index (χ1n) is 12.0. The minimum Gasteiger partial charge on any atom is -0.481 e. The normalized spacial score (nSPS) is 19.9. The molecule has 2 aliphatic rings. The van der Waals surface area contributed by atoms with Crippen molar-refractivity contribution in [1.29, 1.82) is 0 Å². The highest BCUT2D eigenvalue weighted by Gasteiger charge is 2.50. The van der Waals surface area contributed by atoms with E-state index in [2.05, 4.69) is 5.32 Å². The Balaban J connectivity index is 0.00000176. The minimum absolute atomic E-state index is 0.0474. The van der Waals surface area contributed by atoms with Crippen LogP contribution in [0.2, 0.25) is 0 Å². The number of fused-ring (bicyclic) bond motifs is 1. The number of urea groups is 1. The van der Waals surface area contributed by atoms with E-state index >= 15 is 0 Å². The number of likely N-dealkylation sites (N-methyl/N-ethyl adjacent to an activating group) is 1. The van der Waals surface area contributed by atoms with Crippen LogP contribution in [-0.2, 0) is 27.5 Å². The van der Waals surface area contributed by atoms with Crippen molar-refractivity contribution in [2.24, 2.45) is 0 Å². The minimum atomic E-state index is -1.06. The highest BCUT2D eigenvalue weighted by atomic mass is 16.4. The maximum absolute atomic E-state index is 13.3. The Labute approximate surface area is 210 Å². The lowest BCUT2D eigenvalue weighted by Gasteiger charge is -2.54. The molecule has 1 aromatic carbocycles. The second-order valence-electron chi connectivity index (χ2n) is 8.33. The van der Waals surface area contributed by atoms with Gasteiger partial charge in [0.25, 0.3) is 0 Å². The number of furan rings is 1. The van der Waals surface area contributed by atoms with Crippen LogP contribution < -0.4 is 5.32 Å². The van der Waals surface area contributed by atoms with Crippen molar-refractivity contribution in [3.05, 3.63) is 60.1 Å². The van der Waals surface area contributed by atoms with E-state index < -0.39 is 24.2 Å². The highest BCUT2D eigenvalue weighted by molar-refractivity contribution is 5.91. The Bertz CT molecular complexity index is 1040. The van der Waals surface area contributed by atoms with E-state index in [-0.39, 0.29) is 44.3 Å². The molecule has 3 heterocycles. The molecule has 36 heavy (non-hydrogen) atoms. The van der Waals surface area contributed by atoms with Gasteiger partial charge in [-0.05, 0) is 24.1 Å². The largest absolute Gasteiger partial charge is 0.481 e. The molecule has 2 saturated heterocycles. The number of piperazine rings is 1. The quantitative estimate of drug-likeness (QED) is 0.597. The van der Waals surface area contributed by atoms with Gasteiger partial charge in [-0.15, -0.1) is 0 Å². The monoisotopic (exact) mass is 499 g/mol. The smallest absolute Gasteiger partial charge is 0.334 e. The number of carboxylic acids is 1. The maximum Gasteiger partial charge on any atom is 0.334 e. The summed E-state index contributed by atoms with van der Waals surface area (Å²) in [7, 11) is 1.64. The molecule has 0 spiro atoms. The lowest BCUT2D eigenvalue weighted by Crippen LogP contribution is -2.75. The Morgan fingerprint density at radius 1 is 1.11 bits per heavy atom. The predicted molar refractivity (Wildman–Crippen MR) is 130 cm³/mol. The molecule has 2 N–H and O–H groups in total. The second kappa shape index (κ2) is 12.2. The van der Waals surface area contributed by atoms with Gasteiger partial charge >= 0.3 is 12.0 Å². The molecule has 0 radical (unpaired) electrons. The van der Waals surface area contributed by atoms with Gasteiger partial charge in [0.05, 0.1) is 25.9 Å². The Hall–Kier alpha value is -3.86. The molecule has 2 aliphatic heterocycles. The number of nitrogens with zero attached hydrogens (tertiary/aromatic N) is 4. The van der Waals surface area contributed by atoms with Gasteiger partial charge in [-0.25, -0.2) is 14.8 Å². The molecular weight excluding hydrogens is 466 g/mol. The summed E-state index contributed by atoms with van der Waals surface area (Å²) in [6, 6.07) is 11.5. The predicted octanol–water partition coefficient (Wildman–Crippen LogP) is 2.11. The van der Waals surface area contributed by atoms with E-state index in [1.54, 1.807) is 19.2 Å². The maximum atomic E-state index is 13.3. The van der Waals surface area contributed by atoms with Crippen molar-refractivity contribution in [3.63, 3.8) is 0 Å². The van der Waals surface area contributed by atoms with Crippen LogP contribution in [0.5, 0.6) is 0 Å². The summed E-state index contributed by atoms with van der Waals surface area (Å²) in [6.45, 7) is 4.40. The van der Waals surface area contributed by atoms with E-state index in [1.165, 1.54) is 26.1 Å². The molecule has 0 saturated carbocycles. The van der Waals surface area contributed by atoms with Crippen LogP contribution in [0.4, 0.5) is 4.79 Å². The van der Waals surface area contributed by atoms with Crippen molar-refractivity contribution in [2.45, 2.75) is 52.0 Å². The lowest BCUT2D eigenvalue weighted by molar-refractivity contribution is -0.188. The van der Waals surface area contributed by atoms with Gasteiger partial charge in [0.1, 0.15) is 18.0 Å². The Morgan fingerprint density at radius 2 is 1.83 bits per heavy atom. The molecule has 2 aromatic rings. The first kappa shape index (κ1) is 26.7. The number of hydrogen-bond donors (Lipinski definition) is 2. The lowest BCUT2D eigenvalue weighted by atomic mass is 10.0. The fourth-order valence-corrected chi connectivity index (χ4v) is 4.43.